The molecule has 0 aliphatic carbocycles. The summed E-state index contributed by atoms with van der Waals surface area (Å²) >= 11 is 0. The Bertz CT molecular complexity index is 1140. The molecule has 0 saturated carbocycles. The highest BCUT2D eigenvalue weighted by molar-refractivity contribution is 5.75. The van der Waals surface area contributed by atoms with E-state index in [0.29, 0.717) is 24.1 Å². The van der Waals surface area contributed by atoms with E-state index in [0.717, 1.165) is 5.56 Å². The first-order chi connectivity index (χ1) is 16.5. The highest BCUT2D eigenvalue weighted by atomic mass is 19.4. The number of imidazole rings is 1. The smallest absolute Gasteiger partial charge is 0.335 e. The number of hydrogen-bond acceptors (Lipinski definition) is 2. The van der Waals surface area contributed by atoms with Crippen LogP contribution in [-0.4, -0.2) is 39.1 Å². The molecule has 5 nitrogen and oxygen atoms in total. The van der Waals surface area contributed by atoms with Gasteiger partial charge in [-0.15, -0.1) is 0 Å². The zero-order valence-electron chi connectivity index (χ0n) is 19.8. The number of halogens is 5. The second kappa shape index (κ2) is 11.0. The quantitative estimate of drug-likeness (QED) is 0.320. The summed E-state index contributed by atoms with van der Waals surface area (Å²) < 4.78 is 66.6. The molecule has 2 amide bonds. The molecular formula is C25H29F5N4O. The highest BCUT2D eigenvalue weighted by Gasteiger charge is 2.29. The number of alkyl halides is 5. The van der Waals surface area contributed by atoms with Crippen LogP contribution < -0.4 is 5.32 Å². The van der Waals surface area contributed by atoms with Gasteiger partial charge >= 0.3 is 12.2 Å². The fraction of sp³-hybridized carbons (Fsp3) is 0.440. The van der Waals surface area contributed by atoms with Gasteiger partial charge in [-0.1, -0.05) is 25.1 Å². The summed E-state index contributed by atoms with van der Waals surface area (Å²) in [6, 6.07) is 7.21. The van der Waals surface area contributed by atoms with E-state index in [1.165, 1.54) is 12.3 Å². The number of benzene rings is 1. The summed E-state index contributed by atoms with van der Waals surface area (Å²) in [6.07, 6.45) is -2.96. The predicted molar refractivity (Wildman–Crippen MR) is 124 cm³/mol. The Kier molecular flexibility index (Phi) is 8.34. The van der Waals surface area contributed by atoms with Crippen molar-refractivity contribution in [3.8, 4) is 11.1 Å². The average Bonchev–Trinajstić information content (AvgIpc) is 3.29. The Morgan fingerprint density at radius 2 is 1.91 bits per heavy atom. The van der Waals surface area contributed by atoms with Crippen LogP contribution in [0.1, 0.15) is 63.6 Å². The van der Waals surface area contributed by atoms with Gasteiger partial charge in [-0.25, -0.2) is 18.6 Å². The number of nitrogens with one attached hydrogen (secondary N) is 1. The molecule has 1 N–H and O–H groups in total. The van der Waals surface area contributed by atoms with E-state index in [1.54, 1.807) is 47.7 Å². The van der Waals surface area contributed by atoms with E-state index in [2.05, 4.69) is 10.3 Å². The van der Waals surface area contributed by atoms with Crippen molar-refractivity contribution in [1.29, 1.82) is 0 Å². The van der Waals surface area contributed by atoms with Gasteiger partial charge in [0.15, 0.2) is 0 Å². The number of pyridine rings is 1. The second-order valence-electron chi connectivity index (χ2n) is 8.44. The molecule has 35 heavy (non-hydrogen) atoms. The first-order valence-corrected chi connectivity index (χ1v) is 11.5. The van der Waals surface area contributed by atoms with E-state index in [9.17, 15) is 26.7 Å². The van der Waals surface area contributed by atoms with Crippen molar-refractivity contribution in [2.75, 3.05) is 6.54 Å². The van der Waals surface area contributed by atoms with Crippen molar-refractivity contribution in [3.63, 3.8) is 0 Å². The first kappa shape index (κ1) is 26.4. The molecule has 10 heteroatoms. The molecule has 3 rings (SSSR count). The summed E-state index contributed by atoms with van der Waals surface area (Å²) in [5, 5.41) is 2.72. The first-order valence-electron chi connectivity index (χ1n) is 11.5. The van der Waals surface area contributed by atoms with Crippen molar-refractivity contribution in [2.24, 2.45) is 0 Å². The van der Waals surface area contributed by atoms with Gasteiger partial charge in [0.1, 0.15) is 5.65 Å². The highest BCUT2D eigenvalue weighted by Crippen LogP contribution is 2.31. The molecule has 0 spiro atoms. The molecule has 0 aliphatic heterocycles. The van der Waals surface area contributed by atoms with Gasteiger partial charge < -0.3 is 14.6 Å². The molecule has 2 heterocycles. The number of fused-ring (bicyclic) bond motifs is 1. The number of carbonyl (C=O) groups excluding carboxylic acids is 1. The van der Waals surface area contributed by atoms with Crippen molar-refractivity contribution in [3.05, 3.63) is 60.0 Å². The Morgan fingerprint density at radius 1 is 1.17 bits per heavy atom. The Hall–Kier alpha value is -3.17. The van der Waals surface area contributed by atoms with Crippen molar-refractivity contribution < 1.29 is 26.7 Å². The summed E-state index contributed by atoms with van der Waals surface area (Å²) in [4.78, 5) is 18.5. The third kappa shape index (κ3) is 6.49. The van der Waals surface area contributed by atoms with Gasteiger partial charge in [0.2, 0.25) is 0 Å². The summed E-state index contributed by atoms with van der Waals surface area (Å²) in [5.74, 6) is 0. The normalized spacial score (nSPS) is 13.7. The Labute approximate surface area is 201 Å². The van der Waals surface area contributed by atoms with Gasteiger partial charge in [-0.05, 0) is 55.5 Å². The van der Waals surface area contributed by atoms with Gasteiger partial charge in [-0.2, -0.15) is 13.2 Å². The van der Waals surface area contributed by atoms with Gasteiger partial charge in [0.05, 0.1) is 11.6 Å². The van der Waals surface area contributed by atoms with Crippen LogP contribution in [0, 0.1) is 0 Å². The standard InChI is InChI=1S/C25H29F5N4O/c1-4-20(9-10-25(28,29)30)32-24(35)34(5-2)16(3)17-7-6-8-18(13-17)19-14-21(22(26)27)23-31-11-12-33(23)15-19/h6-8,11-16,20,22H,4-5,9-10H2,1-3H3,(H,32,35). The van der Waals surface area contributed by atoms with Gasteiger partial charge in [-0.3, -0.25) is 0 Å². The average molecular weight is 497 g/mol. The molecule has 2 aromatic heterocycles. The lowest BCUT2D eigenvalue weighted by atomic mass is 9.99. The Balaban J connectivity index is 1.82. The van der Waals surface area contributed by atoms with Crippen LogP contribution in [0.3, 0.4) is 0 Å². The molecule has 3 aromatic rings. The number of nitrogens with zero attached hydrogens (tertiary/aromatic N) is 3. The second-order valence-corrected chi connectivity index (χ2v) is 8.44. The van der Waals surface area contributed by atoms with Crippen molar-refractivity contribution in [2.45, 2.75) is 64.7 Å². The Morgan fingerprint density at radius 3 is 2.54 bits per heavy atom. The number of aromatic nitrogens is 2. The molecule has 190 valence electrons. The molecule has 0 fully saturated rings. The monoisotopic (exact) mass is 496 g/mol. The molecule has 1 aromatic carbocycles. The number of carbonyl (C=O) groups is 1. The maximum absolute atomic E-state index is 13.6. The third-order valence-electron chi connectivity index (χ3n) is 6.12. The lowest BCUT2D eigenvalue weighted by molar-refractivity contribution is -0.136. The van der Waals surface area contributed by atoms with E-state index in [1.807, 2.05) is 19.1 Å². The van der Waals surface area contributed by atoms with Crippen molar-refractivity contribution in [1.82, 2.24) is 19.6 Å². The summed E-state index contributed by atoms with van der Waals surface area (Å²) in [6.45, 7) is 5.68. The van der Waals surface area contributed by atoms with Crippen LogP contribution in [0.2, 0.25) is 0 Å². The number of hydrogen-bond donors (Lipinski definition) is 1. The lowest BCUT2D eigenvalue weighted by Gasteiger charge is -2.31. The zero-order valence-corrected chi connectivity index (χ0v) is 19.8. The number of rotatable bonds is 9. The fourth-order valence-corrected chi connectivity index (χ4v) is 4.10. The molecule has 0 bridgehead atoms. The zero-order chi connectivity index (χ0) is 25.8. The molecule has 2 atom stereocenters. The van der Waals surface area contributed by atoms with Crippen LogP contribution >= 0.6 is 0 Å². The van der Waals surface area contributed by atoms with Crippen LogP contribution in [0.4, 0.5) is 26.7 Å². The summed E-state index contributed by atoms with van der Waals surface area (Å²) in [7, 11) is 0. The van der Waals surface area contributed by atoms with E-state index in [-0.39, 0.29) is 17.6 Å². The third-order valence-corrected chi connectivity index (χ3v) is 6.12. The molecule has 0 saturated heterocycles. The predicted octanol–water partition coefficient (Wildman–Crippen LogP) is 7.15. The summed E-state index contributed by atoms with van der Waals surface area (Å²) in [5.41, 5.74) is 2.06. The fourth-order valence-electron chi connectivity index (χ4n) is 4.10. The van der Waals surface area contributed by atoms with Crippen LogP contribution in [0.25, 0.3) is 16.8 Å². The minimum atomic E-state index is -4.28. The minimum Gasteiger partial charge on any atom is -0.335 e. The maximum atomic E-state index is 13.6. The SMILES string of the molecule is CCC(CCC(F)(F)F)NC(=O)N(CC)C(C)c1cccc(-c2cc(C(F)F)c3nccn3c2)c1. The van der Waals surface area contributed by atoms with E-state index < -0.39 is 37.1 Å². The van der Waals surface area contributed by atoms with Crippen LogP contribution in [0.5, 0.6) is 0 Å². The topological polar surface area (TPSA) is 49.6 Å². The van der Waals surface area contributed by atoms with E-state index >= 15 is 0 Å². The largest absolute Gasteiger partial charge is 0.389 e. The molecule has 2 unspecified atom stereocenters. The molecular weight excluding hydrogens is 467 g/mol. The van der Waals surface area contributed by atoms with Gasteiger partial charge in [0.25, 0.3) is 6.43 Å². The van der Waals surface area contributed by atoms with Crippen molar-refractivity contribution >= 4 is 11.7 Å². The van der Waals surface area contributed by atoms with Crippen LogP contribution in [-0.2, 0) is 0 Å². The van der Waals surface area contributed by atoms with E-state index in [4.69, 9.17) is 0 Å². The minimum absolute atomic E-state index is 0.176. The lowest BCUT2D eigenvalue weighted by Crippen LogP contribution is -2.45. The number of amides is 2. The van der Waals surface area contributed by atoms with Crippen LogP contribution in [0.15, 0.2) is 48.9 Å². The number of urea groups is 1. The maximum Gasteiger partial charge on any atom is 0.389 e. The molecule has 0 radical (unpaired) electrons. The molecule has 0 aliphatic rings. The van der Waals surface area contributed by atoms with Gasteiger partial charge in [0, 0.05) is 37.6 Å².